The lowest BCUT2D eigenvalue weighted by molar-refractivity contribution is 0.254. The van der Waals surface area contributed by atoms with Crippen LogP contribution in [0.1, 0.15) is 27.7 Å². The van der Waals surface area contributed by atoms with Crippen LogP contribution in [-0.4, -0.2) is 53.6 Å². The minimum atomic E-state index is -2.46. The molecule has 136 valence electrons. The Bertz CT molecular complexity index is 350. The van der Waals surface area contributed by atoms with E-state index in [1.807, 2.05) is 0 Å². The highest BCUT2D eigenvalue weighted by Gasteiger charge is 2.55. The normalized spacial score (nSPS) is 13.2. The Hall–Kier alpha value is -0.0294. The molecule has 7 heteroatoms. The van der Waals surface area contributed by atoms with Gasteiger partial charge in [0.15, 0.2) is 0 Å². The van der Waals surface area contributed by atoms with Gasteiger partial charge in [0.1, 0.15) is 8.07 Å². The molecule has 0 amide bonds. The standard InChI is InChI=1S/C16H36O4Si3/c1-11-21(12-2,15(5)22(13-3,17-7)18-8)16(6)23(14-4,19-9)20-10/h5-6,11-14H2,1-4,7-10H3. The highest BCUT2D eigenvalue weighted by atomic mass is 28.4. The molecule has 0 aliphatic rings. The van der Waals surface area contributed by atoms with Crippen LogP contribution < -0.4 is 0 Å². The van der Waals surface area contributed by atoms with E-state index in [1.54, 1.807) is 28.4 Å². The second-order valence-electron chi connectivity index (χ2n) is 5.78. The molecule has 0 fully saturated rings. The van der Waals surface area contributed by atoms with E-state index in [4.69, 9.17) is 17.7 Å². The third kappa shape index (κ3) is 3.81. The minimum Gasteiger partial charge on any atom is -0.395 e. The summed E-state index contributed by atoms with van der Waals surface area (Å²) < 4.78 is 23.7. The molecule has 4 nitrogen and oxygen atoms in total. The van der Waals surface area contributed by atoms with Crippen molar-refractivity contribution >= 4 is 25.2 Å². The van der Waals surface area contributed by atoms with Crippen molar-refractivity contribution in [3.8, 4) is 0 Å². The molecule has 0 aromatic carbocycles. The van der Waals surface area contributed by atoms with Crippen LogP contribution in [0.25, 0.3) is 0 Å². The number of rotatable bonds is 12. The van der Waals surface area contributed by atoms with Gasteiger partial charge in [-0.25, -0.2) is 0 Å². The monoisotopic (exact) mass is 376 g/mol. The van der Waals surface area contributed by atoms with Gasteiger partial charge < -0.3 is 17.7 Å². The first-order valence-corrected chi connectivity index (χ1v) is 14.9. The molecule has 0 heterocycles. The summed E-state index contributed by atoms with van der Waals surface area (Å²) in [7, 11) is -0.0539. The summed E-state index contributed by atoms with van der Waals surface area (Å²) in [5, 5.41) is 0. The van der Waals surface area contributed by atoms with Crippen LogP contribution in [0, 0.1) is 0 Å². The largest absolute Gasteiger partial charge is 0.395 e. The first kappa shape index (κ1) is 23.0. The second-order valence-corrected chi connectivity index (χ2v) is 18.8. The van der Waals surface area contributed by atoms with Gasteiger partial charge in [-0.1, -0.05) is 39.8 Å². The third-order valence-corrected chi connectivity index (χ3v) is 21.8. The van der Waals surface area contributed by atoms with Gasteiger partial charge in [-0.3, -0.25) is 0 Å². The van der Waals surface area contributed by atoms with Gasteiger partial charge in [0.2, 0.25) is 0 Å². The van der Waals surface area contributed by atoms with Crippen molar-refractivity contribution in [2.45, 2.75) is 51.9 Å². The summed E-state index contributed by atoms with van der Waals surface area (Å²) in [4.78, 5) is 2.35. The van der Waals surface area contributed by atoms with Crippen LogP contribution in [-0.2, 0) is 17.7 Å². The molecule has 0 radical (unpaired) electrons. The second kappa shape index (κ2) is 9.45. The molecule has 0 bridgehead atoms. The summed E-state index contributed by atoms with van der Waals surface area (Å²) in [6, 6.07) is 3.73. The molecule has 0 atom stereocenters. The molecular weight excluding hydrogens is 340 g/mol. The zero-order chi connectivity index (χ0) is 18.3. The van der Waals surface area contributed by atoms with Crippen LogP contribution >= 0.6 is 0 Å². The van der Waals surface area contributed by atoms with E-state index in [9.17, 15) is 0 Å². The molecule has 0 aromatic heterocycles. The van der Waals surface area contributed by atoms with E-state index < -0.39 is 25.2 Å². The molecule has 0 saturated heterocycles. The molecule has 0 aliphatic heterocycles. The Kier molecular flexibility index (Phi) is 9.44. The smallest absolute Gasteiger partial charge is 0.363 e. The van der Waals surface area contributed by atoms with Gasteiger partial charge in [0, 0.05) is 28.4 Å². The molecule has 0 rings (SSSR count). The lowest BCUT2D eigenvalue weighted by Gasteiger charge is -2.45. The predicted molar refractivity (Wildman–Crippen MR) is 106 cm³/mol. The quantitative estimate of drug-likeness (QED) is 0.477. The van der Waals surface area contributed by atoms with Crippen molar-refractivity contribution in [2.75, 3.05) is 28.4 Å². The van der Waals surface area contributed by atoms with Gasteiger partial charge in [-0.2, -0.15) is 0 Å². The molecule has 0 N–H and O–H groups in total. The molecule has 0 spiro atoms. The fraction of sp³-hybridized carbons (Fsp3) is 0.750. The van der Waals surface area contributed by atoms with Gasteiger partial charge in [-0.05, 0) is 21.7 Å². The first-order valence-electron chi connectivity index (χ1n) is 8.40. The van der Waals surface area contributed by atoms with Crippen molar-refractivity contribution in [1.29, 1.82) is 0 Å². The van der Waals surface area contributed by atoms with Crippen LogP contribution in [0.5, 0.6) is 0 Å². The van der Waals surface area contributed by atoms with Crippen molar-refractivity contribution in [1.82, 2.24) is 0 Å². The van der Waals surface area contributed by atoms with Gasteiger partial charge >= 0.3 is 17.1 Å². The zero-order valence-electron chi connectivity index (χ0n) is 16.4. The zero-order valence-corrected chi connectivity index (χ0v) is 19.4. The Morgan fingerprint density at radius 1 is 0.609 bits per heavy atom. The van der Waals surface area contributed by atoms with Crippen molar-refractivity contribution in [2.24, 2.45) is 0 Å². The van der Waals surface area contributed by atoms with Crippen LogP contribution in [0.3, 0.4) is 0 Å². The molecule has 0 saturated carbocycles. The average Bonchev–Trinajstić information content (AvgIpc) is 2.61. The summed E-state index contributed by atoms with van der Waals surface area (Å²) >= 11 is 0. The van der Waals surface area contributed by atoms with Crippen LogP contribution in [0.4, 0.5) is 0 Å². The van der Waals surface area contributed by atoms with E-state index in [-0.39, 0.29) is 0 Å². The molecule has 23 heavy (non-hydrogen) atoms. The maximum absolute atomic E-state index is 5.92. The molecule has 0 aliphatic carbocycles. The topological polar surface area (TPSA) is 36.9 Å². The SMILES string of the molecule is C=C([Si](CC)(OC)OC)[Si](CC)(CC)C(=C)[Si](CC)(OC)OC. The average molecular weight is 377 g/mol. The van der Waals surface area contributed by atoms with Gasteiger partial charge in [0.05, 0.1) is 0 Å². The van der Waals surface area contributed by atoms with Crippen LogP contribution in [0.2, 0.25) is 24.2 Å². The fourth-order valence-corrected chi connectivity index (χ4v) is 21.1. The minimum absolute atomic E-state index is 0.849. The molecular formula is C16H36O4Si3. The van der Waals surface area contributed by atoms with Crippen LogP contribution in [0.15, 0.2) is 22.8 Å². The lowest BCUT2D eigenvalue weighted by atomic mass is 10.9. The van der Waals surface area contributed by atoms with Crippen molar-refractivity contribution in [3.63, 3.8) is 0 Å². The fourth-order valence-electron chi connectivity index (χ4n) is 3.68. The maximum atomic E-state index is 5.92. The Morgan fingerprint density at radius 2 is 0.870 bits per heavy atom. The third-order valence-electron chi connectivity index (χ3n) is 5.53. The first-order chi connectivity index (χ1) is 10.8. The van der Waals surface area contributed by atoms with Crippen molar-refractivity contribution in [3.05, 3.63) is 22.8 Å². The molecule has 0 aromatic rings. The van der Waals surface area contributed by atoms with Gasteiger partial charge in [-0.15, -0.1) is 13.2 Å². The summed E-state index contributed by atoms with van der Waals surface area (Å²) in [6.45, 7) is 17.7. The van der Waals surface area contributed by atoms with E-state index >= 15 is 0 Å². The summed E-state index contributed by atoms with van der Waals surface area (Å²) in [6.07, 6.45) is 0. The highest BCUT2D eigenvalue weighted by molar-refractivity contribution is 7.14. The summed E-state index contributed by atoms with van der Waals surface area (Å²) in [5.74, 6) is 0. The van der Waals surface area contributed by atoms with Crippen molar-refractivity contribution < 1.29 is 17.7 Å². The van der Waals surface area contributed by atoms with E-state index in [1.165, 1.54) is 9.64 Å². The summed E-state index contributed by atoms with van der Waals surface area (Å²) in [5.41, 5.74) is 0. The lowest BCUT2D eigenvalue weighted by Crippen LogP contribution is -2.60. The highest BCUT2D eigenvalue weighted by Crippen LogP contribution is 2.41. The van der Waals surface area contributed by atoms with Gasteiger partial charge in [0.25, 0.3) is 0 Å². The van der Waals surface area contributed by atoms with E-state index in [2.05, 4.69) is 40.9 Å². The van der Waals surface area contributed by atoms with E-state index in [0.717, 1.165) is 24.2 Å². The molecule has 0 unspecified atom stereocenters. The number of hydrogen-bond acceptors (Lipinski definition) is 4. The number of hydrogen-bond donors (Lipinski definition) is 0. The Morgan fingerprint density at radius 3 is 1.00 bits per heavy atom. The Balaban J connectivity index is 6.21. The predicted octanol–water partition coefficient (Wildman–Crippen LogP) is 4.25. The maximum Gasteiger partial charge on any atom is 0.363 e. The van der Waals surface area contributed by atoms with E-state index in [0.29, 0.717) is 0 Å². The Labute approximate surface area is 146 Å².